The van der Waals surface area contributed by atoms with Gasteiger partial charge in [0.1, 0.15) is 0 Å². The first-order chi connectivity index (χ1) is 40.9. The van der Waals surface area contributed by atoms with Gasteiger partial charge >= 0.3 is 35.8 Å². The molecule has 0 saturated carbocycles. The van der Waals surface area contributed by atoms with Gasteiger partial charge in [-0.25, -0.2) is 28.8 Å². The number of rotatable bonds is 9. The summed E-state index contributed by atoms with van der Waals surface area (Å²) in [6.45, 7) is 11.7. The lowest BCUT2D eigenvalue weighted by Gasteiger charge is -2.16. The van der Waals surface area contributed by atoms with E-state index in [4.69, 9.17) is 40.3 Å². The summed E-state index contributed by atoms with van der Waals surface area (Å²) in [6, 6.07) is 9.71. The van der Waals surface area contributed by atoms with Gasteiger partial charge in [0.2, 0.25) is 19.8 Å². The number of aryl methyl sites for hydroxylation is 6. The molecule has 0 aliphatic carbocycles. The van der Waals surface area contributed by atoms with Crippen molar-refractivity contribution in [2.24, 2.45) is 15.5 Å². The summed E-state index contributed by atoms with van der Waals surface area (Å²) in [4.78, 5) is 87.3. The topological polar surface area (TPSA) is 223 Å². The smallest absolute Gasteiger partial charge is 0.346 e. The van der Waals surface area contributed by atoms with Gasteiger partial charge in [-0.1, -0.05) is 123 Å². The summed E-state index contributed by atoms with van der Waals surface area (Å²) in [5.41, 5.74) is 11.1. The molecule has 3 heterocycles. The molecule has 3 aliphatic rings. The third-order valence-corrected chi connectivity index (χ3v) is 13.4. The van der Waals surface area contributed by atoms with Crippen LogP contribution >= 0.6 is 11.6 Å². The molecule has 0 radical (unpaired) electrons. The van der Waals surface area contributed by atoms with Gasteiger partial charge in [-0.05, 0) is 157 Å². The Balaban J connectivity index is 0.000000273. The van der Waals surface area contributed by atoms with Crippen LogP contribution in [0.25, 0.3) is 0 Å². The molecule has 0 spiro atoms. The van der Waals surface area contributed by atoms with Crippen LogP contribution in [0.3, 0.4) is 0 Å². The number of nitrogens with zero attached hydrogens (tertiary/aromatic N) is 3. The van der Waals surface area contributed by atoms with E-state index in [0.717, 1.165) is 83.0 Å². The SMILES string of the molecule is COC(=O)CO/N=C1/C=CCC/C=C/CCOC(=O)c2c(C)cc(C)cc2C1.COC(=O)CO/N=C1\C=CCC/C=C/CCOC(=O)c2c(C)cc(C)c(Cl)c2C1.COC(=O)CO/N=C1\C=CCC/C=C/CCOC(=O)c2c(C)cc(C)cc2C1. The van der Waals surface area contributed by atoms with Crippen LogP contribution in [0, 0.1) is 41.5 Å². The summed E-state index contributed by atoms with van der Waals surface area (Å²) in [5.74, 6) is -2.62. The highest BCUT2D eigenvalue weighted by Gasteiger charge is 2.23. The minimum Gasteiger partial charge on any atom is -0.466 e. The molecule has 19 heteroatoms. The lowest BCUT2D eigenvalue weighted by Crippen LogP contribution is -2.15. The minimum atomic E-state index is -0.530. The zero-order valence-electron chi connectivity index (χ0n) is 50.4. The average Bonchev–Trinajstić information content (AvgIpc) is 3.67. The third-order valence-electron chi connectivity index (χ3n) is 12.8. The zero-order valence-corrected chi connectivity index (χ0v) is 51.1. The number of fused-ring (bicyclic) bond motifs is 3. The first-order valence-electron chi connectivity index (χ1n) is 28.2. The van der Waals surface area contributed by atoms with E-state index in [-0.39, 0.29) is 38.2 Å². The van der Waals surface area contributed by atoms with Crippen molar-refractivity contribution in [3.8, 4) is 0 Å². The standard InChI is InChI=1S/C22H26ClNO5.2C22H27NO5/c1-15-12-16(2)21(23)18-13-17(24-29-14-19(25)27-3)10-8-6-4-5-7-9-11-28-22(26)20(15)18;2*1-16-12-17(2)21-18(13-16)14-19(23-28-15-20(24)26-3)10-8-6-4-5-7-9-11-27-22(21)25/h5,7-8,10,12H,4,6,9,11,13-14H2,1-3H3;2*5,7-8,10,12-13H,4,6,9,11,14-15H2,1-3H3/b7-5+,10-8?,24-17+;7-5+,10-8?,23-19+;7-5+,10-8?,23-19-. The summed E-state index contributed by atoms with van der Waals surface area (Å²) >= 11 is 6.56. The summed E-state index contributed by atoms with van der Waals surface area (Å²) < 4.78 is 30.0. The van der Waals surface area contributed by atoms with Crippen molar-refractivity contribution < 1.29 is 71.7 Å². The van der Waals surface area contributed by atoms with Crippen LogP contribution < -0.4 is 0 Å². The summed E-state index contributed by atoms with van der Waals surface area (Å²) in [7, 11) is 3.86. The second kappa shape index (κ2) is 38.5. The van der Waals surface area contributed by atoms with Crippen LogP contribution in [0.15, 0.2) is 119 Å². The van der Waals surface area contributed by atoms with E-state index in [2.05, 4.69) is 41.8 Å². The molecular weight excluding hydrogens is 1110 g/mol. The third kappa shape index (κ3) is 25.2. The number of oxime groups is 3. The van der Waals surface area contributed by atoms with Gasteiger partial charge in [0.25, 0.3) is 0 Å². The molecular formula is C66H80ClN3O15. The van der Waals surface area contributed by atoms with Crippen molar-refractivity contribution in [3.63, 3.8) is 0 Å². The van der Waals surface area contributed by atoms with E-state index in [1.54, 1.807) is 0 Å². The van der Waals surface area contributed by atoms with Crippen LogP contribution in [0.4, 0.5) is 0 Å². The van der Waals surface area contributed by atoms with Crippen molar-refractivity contribution in [3.05, 3.63) is 175 Å². The molecule has 0 N–H and O–H groups in total. The summed E-state index contributed by atoms with van der Waals surface area (Å²) in [5, 5.41) is 12.7. The van der Waals surface area contributed by atoms with Crippen molar-refractivity contribution in [1.82, 2.24) is 0 Å². The fourth-order valence-corrected chi connectivity index (χ4v) is 9.12. The van der Waals surface area contributed by atoms with E-state index < -0.39 is 23.9 Å². The van der Waals surface area contributed by atoms with E-state index >= 15 is 0 Å². The molecule has 3 aromatic carbocycles. The van der Waals surface area contributed by atoms with Gasteiger partial charge in [0, 0.05) is 24.3 Å². The van der Waals surface area contributed by atoms with Gasteiger partial charge in [-0.2, -0.15) is 0 Å². The van der Waals surface area contributed by atoms with Crippen LogP contribution in [-0.4, -0.2) is 114 Å². The van der Waals surface area contributed by atoms with Gasteiger partial charge in [0.05, 0.1) is 75.0 Å². The highest BCUT2D eigenvalue weighted by molar-refractivity contribution is 6.33. The molecule has 0 atom stereocenters. The molecule has 0 fully saturated rings. The number of halogens is 1. The van der Waals surface area contributed by atoms with Crippen molar-refractivity contribution in [1.29, 1.82) is 0 Å². The Bertz CT molecular complexity index is 2940. The quantitative estimate of drug-likeness (QED) is 0.0841. The maximum absolute atomic E-state index is 12.8. The van der Waals surface area contributed by atoms with Crippen LogP contribution in [-0.2, 0) is 76.6 Å². The predicted octanol–water partition coefficient (Wildman–Crippen LogP) is 12.2. The number of carbonyl (C=O) groups is 6. The fourth-order valence-electron chi connectivity index (χ4n) is 8.91. The van der Waals surface area contributed by atoms with Gasteiger partial charge in [-0.15, -0.1) is 0 Å². The van der Waals surface area contributed by atoms with Crippen molar-refractivity contribution >= 4 is 64.6 Å². The zero-order chi connectivity index (χ0) is 61.9. The van der Waals surface area contributed by atoms with Gasteiger partial charge in [0.15, 0.2) is 0 Å². The second-order valence-electron chi connectivity index (χ2n) is 19.9. The van der Waals surface area contributed by atoms with Gasteiger partial charge < -0.3 is 42.9 Å². The van der Waals surface area contributed by atoms with E-state index in [1.807, 2.05) is 133 Å². The largest absolute Gasteiger partial charge is 0.466 e. The van der Waals surface area contributed by atoms with Crippen LogP contribution in [0.2, 0.25) is 5.02 Å². The Hall–Kier alpha value is -8.38. The molecule has 0 bridgehead atoms. The molecule has 0 saturated heterocycles. The monoisotopic (exact) mass is 1190 g/mol. The van der Waals surface area contributed by atoms with Crippen molar-refractivity contribution in [2.45, 2.75) is 119 Å². The molecule has 6 rings (SSSR count). The Morgan fingerprint density at radius 1 is 0.424 bits per heavy atom. The van der Waals surface area contributed by atoms with Crippen LogP contribution in [0.1, 0.15) is 139 Å². The molecule has 456 valence electrons. The molecule has 85 heavy (non-hydrogen) atoms. The number of methoxy groups -OCH3 is 3. The highest BCUT2D eigenvalue weighted by Crippen LogP contribution is 2.30. The fraction of sp³-hybridized carbons (Fsp3) is 0.409. The summed E-state index contributed by atoms with van der Waals surface area (Å²) in [6.07, 6.45) is 32.0. The lowest BCUT2D eigenvalue weighted by atomic mass is 9.94. The number of ether oxygens (including phenoxy) is 6. The molecule has 3 aromatic rings. The van der Waals surface area contributed by atoms with Gasteiger partial charge in [-0.3, -0.25) is 0 Å². The number of allylic oxidation sites excluding steroid dienone is 9. The minimum absolute atomic E-state index is 0.263. The number of hydrogen-bond acceptors (Lipinski definition) is 18. The van der Waals surface area contributed by atoms with Crippen LogP contribution in [0.5, 0.6) is 0 Å². The first kappa shape index (κ1) is 69.1. The number of hydrogen-bond donors (Lipinski definition) is 0. The number of cyclic esters (lactones) is 3. The molecule has 0 aromatic heterocycles. The Kier molecular flexibility index (Phi) is 31.3. The maximum Gasteiger partial charge on any atom is 0.346 e. The Labute approximate surface area is 504 Å². The number of esters is 6. The number of carbonyl (C=O) groups excluding carboxylic acids is 6. The second-order valence-corrected chi connectivity index (χ2v) is 20.2. The molecule has 3 aliphatic heterocycles. The van der Waals surface area contributed by atoms with E-state index in [0.29, 0.717) is 96.3 Å². The molecule has 0 amide bonds. The molecule has 18 nitrogen and oxygen atoms in total. The Morgan fingerprint density at radius 2 is 0.741 bits per heavy atom. The average molecular weight is 1190 g/mol. The lowest BCUT2D eigenvalue weighted by molar-refractivity contribution is -0.146. The predicted molar refractivity (Wildman–Crippen MR) is 327 cm³/mol. The molecule has 0 unspecified atom stereocenters. The van der Waals surface area contributed by atoms with Crippen molar-refractivity contribution in [2.75, 3.05) is 61.0 Å². The number of benzene rings is 3. The first-order valence-corrected chi connectivity index (χ1v) is 28.6. The van der Waals surface area contributed by atoms with E-state index in [9.17, 15) is 28.8 Å². The van der Waals surface area contributed by atoms with E-state index in [1.165, 1.54) is 21.3 Å². The Morgan fingerprint density at radius 3 is 1.11 bits per heavy atom. The maximum atomic E-state index is 12.8. The normalized spacial score (nSPS) is 17.9. The highest BCUT2D eigenvalue weighted by atomic mass is 35.5.